The Balaban J connectivity index is 0.00000128. The van der Waals surface area contributed by atoms with Crippen molar-refractivity contribution in [2.45, 2.75) is 12.8 Å². The van der Waals surface area contributed by atoms with Gasteiger partial charge in [-0.2, -0.15) is 0 Å². The third kappa shape index (κ3) is 3.31. The predicted molar refractivity (Wildman–Crippen MR) is 78.9 cm³/mol. The lowest BCUT2D eigenvalue weighted by Gasteiger charge is -2.17. The fourth-order valence-corrected chi connectivity index (χ4v) is 2.23. The Morgan fingerprint density at radius 3 is 3.00 bits per heavy atom. The molecule has 16 heavy (non-hydrogen) atoms. The summed E-state index contributed by atoms with van der Waals surface area (Å²) < 4.78 is 0. The molecule has 1 aromatic rings. The minimum Gasteiger partial charge on any atom is -0.356 e. The van der Waals surface area contributed by atoms with E-state index in [2.05, 4.69) is 34.2 Å². The van der Waals surface area contributed by atoms with Gasteiger partial charge in [0.2, 0.25) is 0 Å². The van der Waals surface area contributed by atoms with E-state index in [1.165, 1.54) is 5.01 Å². The second-order valence-corrected chi connectivity index (χ2v) is 4.71. The number of aromatic nitrogens is 1. The van der Waals surface area contributed by atoms with Crippen molar-refractivity contribution in [3.8, 4) is 0 Å². The molecular formula is C10H17IN4S. The Hall–Kier alpha value is -0.370. The number of thiazole rings is 1. The summed E-state index contributed by atoms with van der Waals surface area (Å²) in [5.41, 5.74) is 0. The summed E-state index contributed by atoms with van der Waals surface area (Å²) in [6, 6.07) is 0. The number of rotatable bonds is 3. The Bertz CT molecular complexity index is 339. The molecule has 1 atom stereocenters. The fraction of sp³-hybridized carbons (Fsp3) is 0.600. The monoisotopic (exact) mass is 352 g/mol. The average molecular weight is 352 g/mol. The fourth-order valence-electron chi connectivity index (χ4n) is 1.53. The van der Waals surface area contributed by atoms with E-state index >= 15 is 0 Å². The lowest BCUT2D eigenvalue weighted by Crippen LogP contribution is -2.37. The summed E-state index contributed by atoms with van der Waals surface area (Å²) in [7, 11) is 2.06. The van der Waals surface area contributed by atoms with Crippen molar-refractivity contribution < 1.29 is 0 Å². The van der Waals surface area contributed by atoms with E-state index in [-0.39, 0.29) is 24.0 Å². The van der Waals surface area contributed by atoms with Gasteiger partial charge in [0, 0.05) is 37.6 Å². The molecule has 0 amide bonds. The molecule has 0 bridgehead atoms. The number of aliphatic imine (C=N–C) groups is 1. The van der Waals surface area contributed by atoms with Gasteiger partial charge in [0.25, 0.3) is 0 Å². The topological polar surface area (TPSA) is 40.5 Å². The van der Waals surface area contributed by atoms with Crippen LogP contribution < -0.4 is 5.32 Å². The highest BCUT2D eigenvalue weighted by atomic mass is 127. The molecule has 0 aliphatic carbocycles. The van der Waals surface area contributed by atoms with Crippen LogP contribution >= 0.6 is 35.3 Å². The number of guanidine groups is 1. The molecule has 90 valence electrons. The van der Waals surface area contributed by atoms with Crippen LogP contribution in [0.3, 0.4) is 0 Å². The standard InChI is InChI=1S/C10H16N4S.HI/c1-8(9-11-4-6-15-9)7-13-10-12-3-5-14(10)2;/h4,6,8H,3,5,7H2,1-2H3,(H,12,13);1H. The van der Waals surface area contributed by atoms with Gasteiger partial charge >= 0.3 is 0 Å². The molecule has 4 nitrogen and oxygen atoms in total. The molecule has 0 fully saturated rings. The molecular weight excluding hydrogens is 335 g/mol. The van der Waals surface area contributed by atoms with Gasteiger partial charge in [0.05, 0.1) is 11.6 Å². The minimum absolute atomic E-state index is 0. The van der Waals surface area contributed by atoms with Crippen molar-refractivity contribution in [2.24, 2.45) is 4.99 Å². The quantitative estimate of drug-likeness (QED) is 0.843. The summed E-state index contributed by atoms with van der Waals surface area (Å²) in [6.07, 6.45) is 1.86. The van der Waals surface area contributed by atoms with E-state index in [1.54, 1.807) is 11.3 Å². The summed E-state index contributed by atoms with van der Waals surface area (Å²) in [5, 5.41) is 6.56. The van der Waals surface area contributed by atoms with Crippen LogP contribution in [0.1, 0.15) is 17.8 Å². The van der Waals surface area contributed by atoms with Gasteiger partial charge in [-0.15, -0.1) is 35.3 Å². The molecule has 0 saturated carbocycles. The highest BCUT2D eigenvalue weighted by Crippen LogP contribution is 2.16. The van der Waals surface area contributed by atoms with Crippen LogP contribution in [0.2, 0.25) is 0 Å². The van der Waals surface area contributed by atoms with Crippen LogP contribution in [-0.4, -0.2) is 42.5 Å². The predicted octanol–water partition coefficient (Wildman–Crippen LogP) is 1.76. The second kappa shape index (κ2) is 6.39. The summed E-state index contributed by atoms with van der Waals surface area (Å²) in [6.45, 7) is 5.01. The van der Waals surface area contributed by atoms with Crippen LogP contribution in [0.25, 0.3) is 0 Å². The molecule has 0 aromatic carbocycles. The van der Waals surface area contributed by atoms with Crippen LogP contribution in [-0.2, 0) is 0 Å². The molecule has 1 N–H and O–H groups in total. The molecule has 1 aromatic heterocycles. The first-order valence-corrected chi connectivity index (χ1v) is 6.04. The van der Waals surface area contributed by atoms with E-state index in [0.717, 1.165) is 25.6 Å². The zero-order chi connectivity index (χ0) is 10.7. The molecule has 1 aliphatic rings. The van der Waals surface area contributed by atoms with Gasteiger partial charge in [0.15, 0.2) is 5.96 Å². The highest BCUT2D eigenvalue weighted by molar-refractivity contribution is 14.0. The molecule has 1 unspecified atom stereocenters. The minimum atomic E-state index is 0. The normalized spacial score (nSPS) is 16.6. The van der Waals surface area contributed by atoms with Crippen molar-refractivity contribution in [1.82, 2.24) is 15.2 Å². The van der Waals surface area contributed by atoms with Crippen LogP contribution in [0.4, 0.5) is 0 Å². The number of halogens is 1. The zero-order valence-corrected chi connectivity index (χ0v) is 12.7. The zero-order valence-electron chi connectivity index (χ0n) is 9.51. The Kier molecular flexibility index (Phi) is 5.47. The first-order chi connectivity index (χ1) is 7.27. The van der Waals surface area contributed by atoms with Gasteiger partial charge in [0.1, 0.15) is 0 Å². The summed E-state index contributed by atoms with van der Waals surface area (Å²) in [4.78, 5) is 10.8. The maximum Gasteiger partial charge on any atom is 0.193 e. The highest BCUT2D eigenvalue weighted by Gasteiger charge is 2.14. The van der Waals surface area contributed by atoms with Gasteiger partial charge in [-0.1, -0.05) is 6.92 Å². The third-order valence-electron chi connectivity index (χ3n) is 2.50. The second-order valence-electron chi connectivity index (χ2n) is 3.78. The molecule has 2 rings (SSSR count). The number of likely N-dealkylation sites (N-methyl/N-ethyl adjacent to an activating group) is 1. The molecule has 0 saturated heterocycles. The van der Waals surface area contributed by atoms with Crippen molar-refractivity contribution in [3.63, 3.8) is 0 Å². The van der Waals surface area contributed by atoms with Crippen LogP contribution in [0.15, 0.2) is 16.6 Å². The lowest BCUT2D eigenvalue weighted by atomic mass is 10.2. The molecule has 0 spiro atoms. The number of hydrogen-bond donors (Lipinski definition) is 1. The van der Waals surface area contributed by atoms with Crippen LogP contribution in [0.5, 0.6) is 0 Å². The van der Waals surface area contributed by atoms with Crippen molar-refractivity contribution in [3.05, 3.63) is 16.6 Å². The molecule has 2 heterocycles. The van der Waals surface area contributed by atoms with Crippen LogP contribution in [0, 0.1) is 0 Å². The first kappa shape index (κ1) is 13.7. The third-order valence-corrected chi connectivity index (χ3v) is 3.50. The Morgan fingerprint density at radius 2 is 2.44 bits per heavy atom. The van der Waals surface area contributed by atoms with E-state index in [4.69, 9.17) is 0 Å². The number of hydrogen-bond acceptors (Lipinski definition) is 5. The lowest BCUT2D eigenvalue weighted by molar-refractivity contribution is 0.529. The van der Waals surface area contributed by atoms with Gasteiger partial charge in [-0.3, -0.25) is 4.99 Å². The average Bonchev–Trinajstić information content (AvgIpc) is 2.85. The van der Waals surface area contributed by atoms with E-state index in [1.807, 2.05) is 11.6 Å². The SMILES string of the molecule is CC(CNC1=NCCN1C)c1nccs1.I. The van der Waals surface area contributed by atoms with Gasteiger partial charge < -0.3 is 10.2 Å². The molecule has 6 heteroatoms. The largest absolute Gasteiger partial charge is 0.356 e. The van der Waals surface area contributed by atoms with Gasteiger partial charge in [-0.05, 0) is 0 Å². The smallest absolute Gasteiger partial charge is 0.193 e. The maximum absolute atomic E-state index is 4.38. The maximum atomic E-state index is 4.38. The van der Waals surface area contributed by atoms with Gasteiger partial charge in [-0.25, -0.2) is 4.98 Å². The van der Waals surface area contributed by atoms with E-state index in [9.17, 15) is 0 Å². The first-order valence-electron chi connectivity index (χ1n) is 5.16. The van der Waals surface area contributed by atoms with Crippen molar-refractivity contribution in [2.75, 3.05) is 26.7 Å². The molecule has 1 aliphatic heterocycles. The van der Waals surface area contributed by atoms with Crippen molar-refractivity contribution in [1.29, 1.82) is 0 Å². The number of nitrogens with zero attached hydrogens (tertiary/aromatic N) is 3. The summed E-state index contributed by atoms with van der Waals surface area (Å²) >= 11 is 1.71. The Labute approximate surface area is 117 Å². The van der Waals surface area contributed by atoms with E-state index in [0.29, 0.717) is 5.92 Å². The molecule has 0 radical (unpaired) electrons. The van der Waals surface area contributed by atoms with E-state index < -0.39 is 0 Å². The summed E-state index contributed by atoms with van der Waals surface area (Å²) in [5.74, 6) is 1.46. The number of nitrogens with one attached hydrogen (secondary N) is 1. The van der Waals surface area contributed by atoms with Crippen molar-refractivity contribution >= 4 is 41.3 Å². The Morgan fingerprint density at radius 1 is 1.62 bits per heavy atom.